The first-order chi connectivity index (χ1) is 15.0. The lowest BCUT2D eigenvalue weighted by Crippen LogP contribution is -2.34. The number of hydrogen-bond donors (Lipinski definition) is 2. The number of nitrogens with one attached hydrogen (secondary N) is 2. The quantitative estimate of drug-likeness (QED) is 0.447. The molecule has 2 N–H and O–H groups in total. The van der Waals surface area contributed by atoms with E-state index >= 15 is 0 Å². The molecule has 4 rings (SSSR count). The largest absolute Gasteiger partial charge is 0.441 e. The molecule has 0 atom stereocenters. The molecule has 31 heavy (non-hydrogen) atoms. The molecule has 2 aromatic heterocycles. The molecule has 0 aliphatic rings. The normalized spacial score (nSPS) is 10.9. The van der Waals surface area contributed by atoms with Crippen molar-refractivity contribution in [3.8, 4) is 11.3 Å². The number of anilines is 1. The van der Waals surface area contributed by atoms with Crippen LogP contribution in [0.5, 0.6) is 0 Å². The molecule has 158 valence electrons. The monoisotopic (exact) mass is 417 g/mol. The molecule has 0 radical (unpaired) electrons. The number of amides is 1. The number of carbonyl (C=O) groups is 1. The smallest absolute Gasteiger partial charge is 0.262 e. The Morgan fingerprint density at radius 3 is 2.68 bits per heavy atom. The Labute approximate surface area is 178 Å². The first-order valence-corrected chi connectivity index (χ1v) is 10.1. The molecule has 0 saturated carbocycles. The summed E-state index contributed by atoms with van der Waals surface area (Å²) >= 11 is 0. The summed E-state index contributed by atoms with van der Waals surface area (Å²) in [4.78, 5) is 33.6. The van der Waals surface area contributed by atoms with Gasteiger partial charge < -0.3 is 4.42 Å². The van der Waals surface area contributed by atoms with E-state index in [4.69, 9.17) is 4.42 Å². The topological polar surface area (TPSA) is 102 Å². The Balaban J connectivity index is 1.38. The number of para-hydroxylation sites is 1. The molecule has 0 aliphatic carbocycles. The minimum atomic E-state index is -0.264. The van der Waals surface area contributed by atoms with Crippen LogP contribution in [0.3, 0.4) is 0 Å². The molecule has 2 heterocycles. The first-order valence-electron chi connectivity index (χ1n) is 10.1. The van der Waals surface area contributed by atoms with Crippen molar-refractivity contribution in [2.75, 3.05) is 5.43 Å². The summed E-state index contributed by atoms with van der Waals surface area (Å²) in [6.07, 6.45) is 2.19. The van der Waals surface area contributed by atoms with Crippen LogP contribution in [0.2, 0.25) is 0 Å². The van der Waals surface area contributed by atoms with Crippen LogP contribution in [-0.4, -0.2) is 20.4 Å². The molecule has 0 unspecified atom stereocenters. The highest BCUT2D eigenvalue weighted by Gasteiger charge is 2.12. The summed E-state index contributed by atoms with van der Waals surface area (Å²) in [5.41, 5.74) is 7.89. The molecule has 8 heteroatoms. The number of oxazole rings is 1. The number of aryl methyl sites for hydroxylation is 2. The van der Waals surface area contributed by atoms with Crippen molar-refractivity contribution in [3.05, 3.63) is 76.5 Å². The summed E-state index contributed by atoms with van der Waals surface area (Å²) in [5, 5.41) is 0.537. The van der Waals surface area contributed by atoms with Crippen LogP contribution in [-0.2, 0) is 17.8 Å². The third-order valence-electron chi connectivity index (χ3n) is 4.95. The Hall–Kier alpha value is -3.94. The van der Waals surface area contributed by atoms with Crippen LogP contribution >= 0.6 is 0 Å². The number of carbonyl (C=O) groups excluding carboxylic acids is 1. The molecule has 0 saturated heterocycles. The number of benzene rings is 2. The van der Waals surface area contributed by atoms with Crippen molar-refractivity contribution < 1.29 is 9.21 Å². The van der Waals surface area contributed by atoms with Gasteiger partial charge in [0.05, 0.1) is 17.1 Å². The lowest BCUT2D eigenvalue weighted by Gasteiger charge is -2.13. The molecule has 0 spiro atoms. The number of nitrogens with zero attached hydrogens (tertiary/aromatic N) is 3. The number of rotatable bonds is 7. The SMILES string of the molecule is CCn1c(NNC(=O)CCc2ncc(-c3ccc(C)cc3)o2)nc2ccccc2c1=O. The van der Waals surface area contributed by atoms with Gasteiger partial charge in [-0.15, -0.1) is 0 Å². The summed E-state index contributed by atoms with van der Waals surface area (Å²) in [6.45, 7) is 4.29. The van der Waals surface area contributed by atoms with E-state index in [0.717, 1.165) is 5.56 Å². The lowest BCUT2D eigenvalue weighted by atomic mass is 10.1. The average molecular weight is 417 g/mol. The van der Waals surface area contributed by atoms with E-state index in [2.05, 4.69) is 20.8 Å². The van der Waals surface area contributed by atoms with E-state index in [1.807, 2.05) is 44.2 Å². The fourth-order valence-electron chi connectivity index (χ4n) is 3.24. The predicted octanol–water partition coefficient (Wildman–Crippen LogP) is 3.46. The van der Waals surface area contributed by atoms with E-state index in [9.17, 15) is 9.59 Å². The third-order valence-corrected chi connectivity index (χ3v) is 4.95. The maximum atomic E-state index is 12.6. The van der Waals surface area contributed by atoms with Crippen LogP contribution in [0.4, 0.5) is 5.95 Å². The van der Waals surface area contributed by atoms with Crippen LogP contribution in [0.1, 0.15) is 24.8 Å². The first kappa shape index (κ1) is 20.3. The van der Waals surface area contributed by atoms with Crippen molar-refractivity contribution in [2.45, 2.75) is 33.2 Å². The number of hydrogen-bond acceptors (Lipinski definition) is 6. The van der Waals surface area contributed by atoms with Gasteiger partial charge in [0, 0.05) is 24.9 Å². The van der Waals surface area contributed by atoms with Gasteiger partial charge in [0.2, 0.25) is 11.9 Å². The van der Waals surface area contributed by atoms with Gasteiger partial charge in [-0.3, -0.25) is 25.0 Å². The fraction of sp³-hybridized carbons (Fsp3) is 0.217. The minimum Gasteiger partial charge on any atom is -0.441 e. The van der Waals surface area contributed by atoms with Gasteiger partial charge in [-0.1, -0.05) is 42.0 Å². The van der Waals surface area contributed by atoms with E-state index in [-0.39, 0.29) is 23.8 Å². The molecule has 8 nitrogen and oxygen atoms in total. The second kappa shape index (κ2) is 8.83. The Morgan fingerprint density at radius 1 is 1.13 bits per heavy atom. The van der Waals surface area contributed by atoms with Gasteiger partial charge in [-0.05, 0) is 26.0 Å². The highest BCUT2D eigenvalue weighted by molar-refractivity contribution is 5.80. The van der Waals surface area contributed by atoms with Gasteiger partial charge >= 0.3 is 0 Å². The summed E-state index contributed by atoms with van der Waals surface area (Å²) in [7, 11) is 0. The second-order valence-electron chi connectivity index (χ2n) is 7.16. The molecule has 0 aliphatic heterocycles. The molecule has 4 aromatic rings. The number of hydrazine groups is 1. The van der Waals surface area contributed by atoms with Gasteiger partial charge in [0.1, 0.15) is 0 Å². The molecule has 2 aromatic carbocycles. The molecule has 0 fully saturated rings. The molecule has 0 bridgehead atoms. The zero-order valence-corrected chi connectivity index (χ0v) is 17.4. The summed E-state index contributed by atoms with van der Waals surface area (Å²) in [5.74, 6) is 1.18. The maximum Gasteiger partial charge on any atom is 0.262 e. The van der Waals surface area contributed by atoms with Crippen LogP contribution in [0.15, 0.2) is 63.9 Å². The van der Waals surface area contributed by atoms with Gasteiger partial charge in [0.25, 0.3) is 5.56 Å². The van der Waals surface area contributed by atoms with Gasteiger partial charge in [0.15, 0.2) is 11.7 Å². The molecular formula is C23H23N5O3. The third kappa shape index (κ3) is 4.48. The number of fused-ring (bicyclic) bond motifs is 1. The standard InChI is InChI=1S/C23H23N5O3/c1-3-28-22(30)17-6-4-5-7-18(17)25-23(28)27-26-20(29)12-13-21-24-14-19(31-21)16-10-8-15(2)9-11-16/h4-11,14H,3,12-13H2,1-2H3,(H,25,27)(H,26,29). The van der Waals surface area contributed by atoms with Crippen molar-refractivity contribution in [2.24, 2.45) is 0 Å². The van der Waals surface area contributed by atoms with Crippen LogP contribution in [0, 0.1) is 6.92 Å². The zero-order valence-electron chi connectivity index (χ0n) is 17.4. The van der Waals surface area contributed by atoms with E-state index in [0.29, 0.717) is 35.5 Å². The average Bonchev–Trinajstić information content (AvgIpc) is 3.26. The van der Waals surface area contributed by atoms with Crippen LogP contribution in [0.25, 0.3) is 22.2 Å². The zero-order chi connectivity index (χ0) is 21.8. The van der Waals surface area contributed by atoms with Crippen molar-refractivity contribution in [1.29, 1.82) is 0 Å². The van der Waals surface area contributed by atoms with Crippen molar-refractivity contribution in [3.63, 3.8) is 0 Å². The maximum absolute atomic E-state index is 12.6. The summed E-state index contributed by atoms with van der Waals surface area (Å²) < 4.78 is 7.23. The Kier molecular flexibility index (Phi) is 5.79. The fourth-order valence-corrected chi connectivity index (χ4v) is 3.24. The van der Waals surface area contributed by atoms with Crippen molar-refractivity contribution in [1.82, 2.24) is 20.0 Å². The Bertz CT molecular complexity index is 1270. The molecule has 1 amide bonds. The van der Waals surface area contributed by atoms with Gasteiger partial charge in [-0.2, -0.15) is 0 Å². The lowest BCUT2D eigenvalue weighted by molar-refractivity contribution is -0.120. The van der Waals surface area contributed by atoms with Crippen LogP contribution < -0.4 is 16.4 Å². The van der Waals surface area contributed by atoms with E-state index in [1.54, 1.807) is 24.4 Å². The number of aromatic nitrogens is 3. The molecular weight excluding hydrogens is 394 g/mol. The van der Waals surface area contributed by atoms with Gasteiger partial charge in [-0.25, -0.2) is 9.97 Å². The minimum absolute atomic E-state index is 0.159. The highest BCUT2D eigenvalue weighted by atomic mass is 16.4. The van der Waals surface area contributed by atoms with Crippen molar-refractivity contribution >= 4 is 22.8 Å². The van der Waals surface area contributed by atoms with E-state index < -0.39 is 0 Å². The summed E-state index contributed by atoms with van der Waals surface area (Å²) in [6, 6.07) is 15.1. The Morgan fingerprint density at radius 2 is 1.90 bits per heavy atom. The van der Waals surface area contributed by atoms with E-state index in [1.165, 1.54) is 10.1 Å². The second-order valence-corrected chi connectivity index (χ2v) is 7.16. The highest BCUT2D eigenvalue weighted by Crippen LogP contribution is 2.21. The predicted molar refractivity (Wildman–Crippen MR) is 118 cm³/mol.